The number of amides is 3. The molecule has 3 N–H and O–H groups in total. The minimum atomic E-state index is -1.18. The predicted octanol–water partition coefficient (Wildman–Crippen LogP) is 1.83. The van der Waals surface area contributed by atoms with Gasteiger partial charge in [0, 0.05) is 11.4 Å². The van der Waals surface area contributed by atoms with Crippen LogP contribution in [0.5, 0.6) is 0 Å². The van der Waals surface area contributed by atoms with E-state index < -0.39 is 37.2 Å². The van der Waals surface area contributed by atoms with Crippen LogP contribution in [-0.4, -0.2) is 71.8 Å². The van der Waals surface area contributed by atoms with Gasteiger partial charge in [-0.3, -0.25) is 14.4 Å². The van der Waals surface area contributed by atoms with Crippen LogP contribution in [0.25, 0.3) is 11.1 Å². The highest BCUT2D eigenvalue weighted by molar-refractivity contribution is 7.98. The lowest BCUT2D eigenvalue weighted by Gasteiger charge is -2.24. The lowest BCUT2D eigenvalue weighted by Crippen LogP contribution is -2.52. The SMILES string of the molecule is CSc1ccc(-c2ccc3c(c2)C(=O)N2CCC(NC(=O)COCC(=O)O)C2C(=O)N3)cc1. The highest BCUT2D eigenvalue weighted by Gasteiger charge is 2.45. The number of nitrogens with zero attached hydrogens (tertiary/aromatic N) is 1. The number of thioether (sulfide) groups is 1. The van der Waals surface area contributed by atoms with E-state index in [0.29, 0.717) is 24.2 Å². The molecule has 0 bridgehead atoms. The molecular weight excluding hydrogens is 446 g/mol. The molecule has 3 amide bonds. The Kier molecular flexibility index (Phi) is 6.66. The quantitative estimate of drug-likeness (QED) is 0.528. The van der Waals surface area contributed by atoms with Crippen LogP contribution in [0.4, 0.5) is 5.69 Å². The molecule has 2 aliphatic heterocycles. The van der Waals surface area contributed by atoms with Crippen molar-refractivity contribution in [2.75, 3.05) is 31.3 Å². The summed E-state index contributed by atoms with van der Waals surface area (Å²) in [5.41, 5.74) is 2.65. The van der Waals surface area contributed by atoms with Crippen LogP contribution in [0.1, 0.15) is 16.8 Å². The van der Waals surface area contributed by atoms with Gasteiger partial charge in [-0.05, 0) is 48.1 Å². The van der Waals surface area contributed by atoms with E-state index in [1.54, 1.807) is 23.9 Å². The van der Waals surface area contributed by atoms with E-state index in [1.807, 2.05) is 36.6 Å². The van der Waals surface area contributed by atoms with Crippen molar-refractivity contribution in [1.82, 2.24) is 10.2 Å². The second kappa shape index (κ2) is 9.63. The number of aliphatic carboxylic acids is 1. The number of nitrogens with one attached hydrogen (secondary N) is 2. The monoisotopic (exact) mass is 469 g/mol. The first-order valence-corrected chi connectivity index (χ1v) is 11.6. The maximum atomic E-state index is 13.4. The highest BCUT2D eigenvalue weighted by Crippen LogP contribution is 2.32. The largest absolute Gasteiger partial charge is 0.480 e. The summed E-state index contributed by atoms with van der Waals surface area (Å²) in [5, 5.41) is 14.1. The van der Waals surface area contributed by atoms with Crippen molar-refractivity contribution in [3.63, 3.8) is 0 Å². The number of ether oxygens (including phenoxy) is 1. The van der Waals surface area contributed by atoms with Crippen molar-refractivity contribution < 1.29 is 29.0 Å². The fraction of sp³-hybridized carbons (Fsp3) is 0.304. The van der Waals surface area contributed by atoms with E-state index in [9.17, 15) is 19.2 Å². The predicted molar refractivity (Wildman–Crippen MR) is 122 cm³/mol. The summed E-state index contributed by atoms with van der Waals surface area (Å²) in [4.78, 5) is 51.6. The van der Waals surface area contributed by atoms with Crippen molar-refractivity contribution in [2.24, 2.45) is 0 Å². The van der Waals surface area contributed by atoms with Gasteiger partial charge in [-0.1, -0.05) is 18.2 Å². The van der Waals surface area contributed by atoms with Crippen LogP contribution >= 0.6 is 11.8 Å². The van der Waals surface area contributed by atoms with Crippen LogP contribution < -0.4 is 10.6 Å². The van der Waals surface area contributed by atoms with Crippen molar-refractivity contribution in [2.45, 2.75) is 23.4 Å². The van der Waals surface area contributed by atoms with Crippen molar-refractivity contribution in [1.29, 1.82) is 0 Å². The van der Waals surface area contributed by atoms with Gasteiger partial charge in [-0.15, -0.1) is 11.8 Å². The Labute approximate surface area is 194 Å². The number of carboxylic acids is 1. The summed E-state index contributed by atoms with van der Waals surface area (Å²) >= 11 is 1.65. The number of hydrogen-bond acceptors (Lipinski definition) is 6. The molecule has 0 saturated carbocycles. The number of anilines is 1. The van der Waals surface area contributed by atoms with E-state index in [0.717, 1.165) is 16.0 Å². The second-order valence-corrected chi connectivity index (χ2v) is 8.65. The molecule has 4 rings (SSSR count). The van der Waals surface area contributed by atoms with Gasteiger partial charge in [0.2, 0.25) is 11.8 Å². The van der Waals surface area contributed by atoms with E-state index >= 15 is 0 Å². The Morgan fingerprint density at radius 1 is 1.15 bits per heavy atom. The van der Waals surface area contributed by atoms with Gasteiger partial charge in [0.25, 0.3) is 5.91 Å². The number of fused-ring (bicyclic) bond motifs is 2. The van der Waals surface area contributed by atoms with Crippen LogP contribution in [0, 0.1) is 0 Å². The third-order valence-electron chi connectivity index (χ3n) is 5.66. The van der Waals surface area contributed by atoms with Gasteiger partial charge >= 0.3 is 5.97 Å². The molecule has 1 saturated heterocycles. The molecule has 2 aromatic rings. The molecule has 10 heteroatoms. The Morgan fingerprint density at radius 2 is 1.88 bits per heavy atom. The number of benzene rings is 2. The van der Waals surface area contributed by atoms with E-state index in [2.05, 4.69) is 10.6 Å². The third-order valence-corrected chi connectivity index (χ3v) is 6.41. The molecular formula is C23H23N3O6S. The molecule has 0 spiro atoms. The summed E-state index contributed by atoms with van der Waals surface area (Å²) in [6.45, 7) is -0.724. The summed E-state index contributed by atoms with van der Waals surface area (Å²) in [5.74, 6) is -2.38. The minimum absolute atomic E-state index is 0.283. The number of hydrogen-bond donors (Lipinski definition) is 3. The van der Waals surface area contributed by atoms with Crippen LogP contribution in [-0.2, 0) is 19.1 Å². The lowest BCUT2D eigenvalue weighted by atomic mass is 10.0. The number of carbonyl (C=O) groups is 4. The normalized spacial score (nSPS) is 19.4. The van der Waals surface area contributed by atoms with Crippen molar-refractivity contribution in [3.8, 4) is 11.1 Å². The maximum Gasteiger partial charge on any atom is 0.329 e. The summed E-state index contributed by atoms with van der Waals surface area (Å²) in [7, 11) is 0. The van der Waals surface area contributed by atoms with Gasteiger partial charge < -0.3 is 25.4 Å². The molecule has 0 aromatic heterocycles. The number of carboxylic acid groups (broad SMARTS) is 1. The van der Waals surface area contributed by atoms with E-state index in [4.69, 9.17) is 9.84 Å². The fourth-order valence-corrected chi connectivity index (χ4v) is 4.54. The van der Waals surface area contributed by atoms with Gasteiger partial charge in [0.1, 0.15) is 19.3 Å². The molecule has 172 valence electrons. The van der Waals surface area contributed by atoms with Crippen LogP contribution in [0.3, 0.4) is 0 Å². The summed E-state index contributed by atoms with van der Waals surface area (Å²) < 4.78 is 4.80. The standard InChI is InChI=1S/C23H23N3O6S/c1-33-15-5-2-13(3-6-15)14-4-7-17-16(10-14)23(31)26-9-8-18(21(26)22(30)25-17)24-19(27)11-32-12-20(28)29/h2-7,10,18,21H,8-9,11-12H2,1H3,(H,24,27)(H,25,30)(H,28,29). The average Bonchev–Trinajstić information content (AvgIpc) is 3.18. The number of rotatable bonds is 7. The summed E-state index contributed by atoms with van der Waals surface area (Å²) in [6, 6.07) is 11.9. The molecule has 33 heavy (non-hydrogen) atoms. The smallest absolute Gasteiger partial charge is 0.329 e. The lowest BCUT2D eigenvalue weighted by molar-refractivity contribution is -0.143. The van der Waals surface area contributed by atoms with Crippen LogP contribution in [0.2, 0.25) is 0 Å². The first kappa shape index (κ1) is 22.8. The fourth-order valence-electron chi connectivity index (χ4n) is 4.13. The molecule has 2 heterocycles. The molecule has 0 aliphatic carbocycles. The van der Waals surface area contributed by atoms with Gasteiger partial charge in [0.15, 0.2) is 0 Å². The molecule has 2 atom stereocenters. The zero-order chi connectivity index (χ0) is 23.5. The Balaban J connectivity index is 1.53. The van der Waals surface area contributed by atoms with Gasteiger partial charge in [0.05, 0.1) is 17.3 Å². The third kappa shape index (κ3) is 4.86. The van der Waals surface area contributed by atoms with Crippen molar-refractivity contribution >= 4 is 41.1 Å². The molecule has 2 aliphatic rings. The van der Waals surface area contributed by atoms with Gasteiger partial charge in [-0.2, -0.15) is 0 Å². The minimum Gasteiger partial charge on any atom is -0.480 e. The first-order valence-electron chi connectivity index (χ1n) is 10.4. The molecule has 0 radical (unpaired) electrons. The Bertz CT molecular complexity index is 1100. The Morgan fingerprint density at radius 3 is 2.58 bits per heavy atom. The van der Waals surface area contributed by atoms with Gasteiger partial charge in [-0.25, -0.2) is 4.79 Å². The second-order valence-electron chi connectivity index (χ2n) is 7.77. The van der Waals surface area contributed by atoms with Crippen molar-refractivity contribution in [3.05, 3.63) is 48.0 Å². The maximum absolute atomic E-state index is 13.4. The van der Waals surface area contributed by atoms with Crippen LogP contribution in [0.15, 0.2) is 47.4 Å². The molecule has 2 aromatic carbocycles. The first-order chi connectivity index (χ1) is 15.9. The highest BCUT2D eigenvalue weighted by atomic mass is 32.2. The van der Waals surface area contributed by atoms with E-state index in [1.165, 1.54) is 4.90 Å². The number of carbonyl (C=O) groups excluding carboxylic acids is 3. The Hall–Kier alpha value is -3.37. The average molecular weight is 470 g/mol. The molecule has 9 nitrogen and oxygen atoms in total. The molecule has 1 fully saturated rings. The molecule has 2 unspecified atom stereocenters. The van der Waals surface area contributed by atoms with E-state index in [-0.39, 0.29) is 11.8 Å². The zero-order valence-electron chi connectivity index (χ0n) is 17.9. The topological polar surface area (TPSA) is 125 Å². The summed E-state index contributed by atoms with van der Waals surface area (Å²) in [6.07, 6.45) is 2.41. The zero-order valence-corrected chi connectivity index (χ0v) is 18.7.